The fourth-order valence-corrected chi connectivity index (χ4v) is 3.80. The Balaban J connectivity index is 1.66. The number of hydrogen-bond acceptors (Lipinski definition) is 1. The zero-order chi connectivity index (χ0) is 11.1. The Labute approximate surface area is 97.7 Å². The quantitative estimate of drug-likeness (QED) is 0.654. The van der Waals surface area contributed by atoms with Crippen molar-refractivity contribution in [2.75, 3.05) is 7.05 Å². The first-order chi connectivity index (χ1) is 7.75. The van der Waals surface area contributed by atoms with Gasteiger partial charge in [-0.2, -0.15) is 0 Å². The molecule has 0 aromatic rings. The van der Waals surface area contributed by atoms with Crippen molar-refractivity contribution in [1.82, 2.24) is 4.90 Å². The first kappa shape index (κ1) is 10.4. The van der Waals surface area contributed by atoms with E-state index in [2.05, 4.69) is 17.1 Å². The molecule has 3 atom stereocenters. The van der Waals surface area contributed by atoms with Crippen LogP contribution in [0.25, 0.3) is 0 Å². The maximum Gasteiger partial charge on any atom is 0.226 e. The van der Waals surface area contributed by atoms with E-state index in [-0.39, 0.29) is 0 Å². The van der Waals surface area contributed by atoms with Crippen molar-refractivity contribution < 1.29 is 4.79 Å². The Kier molecular flexibility index (Phi) is 2.53. The van der Waals surface area contributed by atoms with Gasteiger partial charge in [-0.25, -0.2) is 0 Å². The van der Waals surface area contributed by atoms with Gasteiger partial charge >= 0.3 is 0 Å². The van der Waals surface area contributed by atoms with Crippen LogP contribution in [-0.4, -0.2) is 23.9 Å². The van der Waals surface area contributed by atoms with E-state index in [9.17, 15) is 4.79 Å². The molecule has 0 radical (unpaired) electrons. The van der Waals surface area contributed by atoms with E-state index in [1.54, 1.807) is 0 Å². The highest BCUT2D eigenvalue weighted by Gasteiger charge is 2.41. The van der Waals surface area contributed by atoms with E-state index >= 15 is 0 Å². The summed E-state index contributed by atoms with van der Waals surface area (Å²) in [5.41, 5.74) is 0. The fourth-order valence-electron chi connectivity index (χ4n) is 3.80. The van der Waals surface area contributed by atoms with Crippen LogP contribution in [0, 0.1) is 17.8 Å². The van der Waals surface area contributed by atoms with Crippen molar-refractivity contribution in [3.63, 3.8) is 0 Å². The van der Waals surface area contributed by atoms with Crippen molar-refractivity contribution >= 4 is 5.91 Å². The van der Waals surface area contributed by atoms with Crippen LogP contribution in [0.1, 0.15) is 38.5 Å². The molecule has 3 aliphatic carbocycles. The molecule has 0 saturated heterocycles. The van der Waals surface area contributed by atoms with Gasteiger partial charge < -0.3 is 4.90 Å². The molecule has 1 amide bonds. The molecule has 3 rings (SSSR count). The number of amides is 1. The van der Waals surface area contributed by atoms with Crippen LogP contribution in [0.2, 0.25) is 0 Å². The average Bonchev–Trinajstić information content (AvgIpc) is 3.02. The van der Waals surface area contributed by atoms with Gasteiger partial charge in [-0.05, 0) is 37.5 Å². The van der Waals surface area contributed by atoms with Gasteiger partial charge in [0.2, 0.25) is 5.91 Å². The Morgan fingerprint density at radius 3 is 2.50 bits per heavy atom. The Bertz CT molecular complexity index is 317. The molecule has 2 saturated carbocycles. The number of rotatable bonds is 2. The van der Waals surface area contributed by atoms with E-state index in [0.29, 0.717) is 29.7 Å². The molecule has 3 unspecified atom stereocenters. The van der Waals surface area contributed by atoms with Crippen molar-refractivity contribution in [1.29, 1.82) is 0 Å². The first-order valence-electron chi connectivity index (χ1n) is 6.70. The van der Waals surface area contributed by atoms with Gasteiger partial charge in [0, 0.05) is 19.0 Å². The molecule has 0 heterocycles. The molecule has 16 heavy (non-hydrogen) atoms. The molecular formula is C14H21NO. The zero-order valence-electron chi connectivity index (χ0n) is 10.1. The van der Waals surface area contributed by atoms with Crippen molar-refractivity contribution in [3.8, 4) is 0 Å². The lowest BCUT2D eigenvalue weighted by atomic mass is 9.92. The van der Waals surface area contributed by atoms with Crippen LogP contribution in [0.15, 0.2) is 12.2 Å². The lowest BCUT2D eigenvalue weighted by Gasteiger charge is -2.29. The molecule has 0 spiro atoms. The Morgan fingerprint density at radius 1 is 1.19 bits per heavy atom. The number of carbonyl (C=O) groups excluding carboxylic acids is 1. The summed E-state index contributed by atoms with van der Waals surface area (Å²) in [5, 5.41) is 0. The van der Waals surface area contributed by atoms with E-state index < -0.39 is 0 Å². The van der Waals surface area contributed by atoms with Crippen LogP contribution < -0.4 is 0 Å². The minimum atomic E-state index is 0.306. The molecule has 0 aromatic carbocycles. The van der Waals surface area contributed by atoms with Crippen molar-refractivity contribution in [2.24, 2.45) is 17.8 Å². The summed E-state index contributed by atoms with van der Waals surface area (Å²) in [6.45, 7) is 0. The monoisotopic (exact) mass is 219 g/mol. The van der Waals surface area contributed by atoms with E-state index in [1.807, 2.05) is 7.05 Å². The van der Waals surface area contributed by atoms with E-state index in [4.69, 9.17) is 0 Å². The van der Waals surface area contributed by atoms with Crippen LogP contribution >= 0.6 is 0 Å². The first-order valence-corrected chi connectivity index (χ1v) is 6.70. The number of allylic oxidation sites excluding steroid dienone is 2. The predicted molar refractivity (Wildman–Crippen MR) is 63.9 cm³/mol. The summed E-state index contributed by atoms with van der Waals surface area (Å²) in [4.78, 5) is 14.5. The van der Waals surface area contributed by atoms with Crippen LogP contribution in [-0.2, 0) is 4.79 Å². The predicted octanol–water partition coefficient (Wildman–Crippen LogP) is 2.60. The number of nitrogens with zero attached hydrogens (tertiary/aromatic N) is 1. The maximum atomic E-state index is 12.4. The molecule has 88 valence electrons. The van der Waals surface area contributed by atoms with Crippen LogP contribution in [0.3, 0.4) is 0 Å². The molecule has 3 aliphatic rings. The summed E-state index contributed by atoms with van der Waals surface area (Å²) in [6, 6.07) is 0.538. The maximum absolute atomic E-state index is 12.4. The fraction of sp³-hybridized carbons (Fsp3) is 0.786. The normalized spacial score (nSPS) is 37.2. The SMILES string of the molecule is CN(C(=O)C1CC2C=CC1C2)C1CCCC1. The third-order valence-electron chi connectivity index (χ3n) is 4.82. The zero-order valence-corrected chi connectivity index (χ0v) is 10.1. The summed E-state index contributed by atoms with van der Waals surface area (Å²) in [7, 11) is 2.02. The molecule has 2 fully saturated rings. The van der Waals surface area contributed by atoms with E-state index in [0.717, 1.165) is 6.42 Å². The van der Waals surface area contributed by atoms with E-state index in [1.165, 1.54) is 32.1 Å². The Morgan fingerprint density at radius 2 is 1.94 bits per heavy atom. The van der Waals surface area contributed by atoms with Gasteiger partial charge in [-0.1, -0.05) is 25.0 Å². The van der Waals surface area contributed by atoms with Crippen molar-refractivity contribution in [2.45, 2.75) is 44.6 Å². The molecule has 0 aromatic heterocycles. The van der Waals surface area contributed by atoms with Crippen molar-refractivity contribution in [3.05, 3.63) is 12.2 Å². The number of hydrogen-bond donors (Lipinski definition) is 0. The highest BCUT2D eigenvalue weighted by atomic mass is 16.2. The number of carbonyl (C=O) groups is 1. The van der Waals surface area contributed by atoms with Gasteiger partial charge in [0.1, 0.15) is 0 Å². The molecule has 0 aliphatic heterocycles. The molecule has 0 N–H and O–H groups in total. The second kappa shape index (κ2) is 3.90. The minimum Gasteiger partial charge on any atom is -0.343 e. The highest BCUT2D eigenvalue weighted by Crippen LogP contribution is 2.44. The average molecular weight is 219 g/mol. The topological polar surface area (TPSA) is 20.3 Å². The molecular weight excluding hydrogens is 198 g/mol. The largest absolute Gasteiger partial charge is 0.343 e. The second-order valence-electron chi connectivity index (χ2n) is 5.77. The number of fused-ring (bicyclic) bond motifs is 2. The van der Waals surface area contributed by atoms with Crippen LogP contribution in [0.5, 0.6) is 0 Å². The molecule has 2 nitrogen and oxygen atoms in total. The molecule has 2 bridgehead atoms. The summed E-state index contributed by atoms with van der Waals surface area (Å²) < 4.78 is 0. The van der Waals surface area contributed by atoms with Crippen LogP contribution in [0.4, 0.5) is 0 Å². The van der Waals surface area contributed by atoms with Gasteiger partial charge in [-0.3, -0.25) is 4.79 Å². The van der Waals surface area contributed by atoms with Gasteiger partial charge in [0.05, 0.1) is 0 Å². The third-order valence-corrected chi connectivity index (χ3v) is 4.82. The lowest BCUT2D eigenvalue weighted by molar-refractivity contribution is -0.137. The summed E-state index contributed by atoms with van der Waals surface area (Å²) >= 11 is 0. The molecule has 2 heteroatoms. The smallest absolute Gasteiger partial charge is 0.226 e. The third kappa shape index (κ3) is 1.59. The Hall–Kier alpha value is -0.790. The second-order valence-corrected chi connectivity index (χ2v) is 5.77. The summed E-state index contributed by atoms with van der Waals surface area (Å²) in [5.74, 6) is 1.99. The van der Waals surface area contributed by atoms with Gasteiger partial charge in [0.15, 0.2) is 0 Å². The summed E-state index contributed by atoms with van der Waals surface area (Å²) in [6.07, 6.45) is 12.0. The minimum absolute atomic E-state index is 0.306. The highest BCUT2D eigenvalue weighted by molar-refractivity contribution is 5.80. The lowest BCUT2D eigenvalue weighted by Crippen LogP contribution is -2.40. The standard InChI is InChI=1S/C14H21NO/c1-15(12-4-2-3-5-12)14(16)13-9-10-6-7-11(13)8-10/h6-7,10-13H,2-5,8-9H2,1H3. The van der Waals surface area contributed by atoms with Gasteiger partial charge in [-0.15, -0.1) is 0 Å². The van der Waals surface area contributed by atoms with Gasteiger partial charge in [0.25, 0.3) is 0 Å².